The summed E-state index contributed by atoms with van der Waals surface area (Å²) in [7, 11) is 3.95. The maximum Gasteiger partial charge on any atom is 0.244 e. The summed E-state index contributed by atoms with van der Waals surface area (Å²) in [6.07, 6.45) is 0. The Bertz CT molecular complexity index is 608. The smallest absolute Gasteiger partial charge is 0.244 e. The Balaban J connectivity index is 2.22. The Kier molecular flexibility index (Phi) is 4.85. The third-order valence-corrected chi connectivity index (χ3v) is 3.71. The highest BCUT2D eigenvalue weighted by atomic mass is 79.9. The van der Waals surface area contributed by atoms with Crippen molar-refractivity contribution >= 4 is 33.2 Å². The molecule has 1 unspecified atom stereocenters. The SMILES string of the molecule is CN(C)c1ccc(C(Nc2ccc(Br)cc2)C(N)=O)cc1. The predicted octanol–water partition coefficient (Wildman–Crippen LogP) is 3.15. The predicted molar refractivity (Wildman–Crippen MR) is 90.5 cm³/mol. The highest BCUT2D eigenvalue weighted by molar-refractivity contribution is 9.10. The van der Waals surface area contributed by atoms with E-state index >= 15 is 0 Å². The van der Waals surface area contributed by atoms with Gasteiger partial charge in [-0.15, -0.1) is 0 Å². The van der Waals surface area contributed by atoms with Gasteiger partial charge < -0.3 is 16.0 Å². The van der Waals surface area contributed by atoms with Gasteiger partial charge in [0.2, 0.25) is 5.91 Å². The molecule has 0 aliphatic carbocycles. The van der Waals surface area contributed by atoms with Gasteiger partial charge in [-0.1, -0.05) is 28.1 Å². The van der Waals surface area contributed by atoms with Crippen LogP contribution in [0.3, 0.4) is 0 Å². The summed E-state index contributed by atoms with van der Waals surface area (Å²) in [5, 5.41) is 3.16. The lowest BCUT2D eigenvalue weighted by atomic mass is 10.1. The number of nitrogens with one attached hydrogen (secondary N) is 1. The molecule has 0 heterocycles. The second kappa shape index (κ2) is 6.63. The summed E-state index contributed by atoms with van der Waals surface area (Å²) >= 11 is 3.38. The molecular formula is C16H18BrN3O. The minimum Gasteiger partial charge on any atom is -0.378 e. The summed E-state index contributed by atoms with van der Waals surface area (Å²) < 4.78 is 0.985. The van der Waals surface area contributed by atoms with Gasteiger partial charge in [0.1, 0.15) is 6.04 Å². The molecule has 2 aromatic carbocycles. The second-order valence-corrected chi connectivity index (χ2v) is 5.89. The van der Waals surface area contributed by atoms with E-state index in [4.69, 9.17) is 5.73 Å². The zero-order valence-corrected chi connectivity index (χ0v) is 13.6. The highest BCUT2D eigenvalue weighted by Gasteiger charge is 2.17. The molecule has 4 nitrogen and oxygen atoms in total. The van der Waals surface area contributed by atoms with Crippen molar-refractivity contribution in [1.82, 2.24) is 0 Å². The molecule has 2 aromatic rings. The van der Waals surface area contributed by atoms with Crippen LogP contribution in [0.1, 0.15) is 11.6 Å². The number of nitrogens with zero attached hydrogens (tertiary/aromatic N) is 1. The number of rotatable bonds is 5. The lowest BCUT2D eigenvalue weighted by molar-refractivity contribution is -0.118. The number of carbonyl (C=O) groups excluding carboxylic acids is 1. The van der Waals surface area contributed by atoms with Crippen molar-refractivity contribution in [2.45, 2.75) is 6.04 Å². The van der Waals surface area contributed by atoms with E-state index in [-0.39, 0.29) is 0 Å². The standard InChI is InChI=1S/C16H18BrN3O/c1-20(2)14-9-3-11(4-10-14)15(16(18)21)19-13-7-5-12(17)6-8-13/h3-10,15,19H,1-2H3,(H2,18,21). The van der Waals surface area contributed by atoms with E-state index in [0.717, 1.165) is 21.4 Å². The Morgan fingerprint density at radius 2 is 1.67 bits per heavy atom. The van der Waals surface area contributed by atoms with Gasteiger partial charge >= 0.3 is 0 Å². The van der Waals surface area contributed by atoms with E-state index in [1.165, 1.54) is 0 Å². The number of amides is 1. The number of benzene rings is 2. The summed E-state index contributed by atoms with van der Waals surface area (Å²) in [5.74, 6) is -0.407. The molecule has 1 atom stereocenters. The number of halogens is 1. The van der Waals surface area contributed by atoms with Crippen LogP contribution in [0.15, 0.2) is 53.0 Å². The quantitative estimate of drug-likeness (QED) is 0.873. The lowest BCUT2D eigenvalue weighted by Gasteiger charge is -2.19. The van der Waals surface area contributed by atoms with E-state index in [0.29, 0.717) is 0 Å². The van der Waals surface area contributed by atoms with Crippen LogP contribution in [0.2, 0.25) is 0 Å². The normalized spacial score (nSPS) is 11.8. The van der Waals surface area contributed by atoms with Gasteiger partial charge in [-0.05, 0) is 42.0 Å². The van der Waals surface area contributed by atoms with Crippen LogP contribution in [0, 0.1) is 0 Å². The van der Waals surface area contributed by atoms with Crippen molar-refractivity contribution in [3.05, 3.63) is 58.6 Å². The molecule has 0 aliphatic rings. The number of primary amides is 1. The van der Waals surface area contributed by atoms with E-state index in [1.54, 1.807) is 0 Å². The van der Waals surface area contributed by atoms with Gasteiger partial charge in [0.05, 0.1) is 0 Å². The van der Waals surface area contributed by atoms with Crippen LogP contribution in [0.4, 0.5) is 11.4 Å². The first-order chi connectivity index (χ1) is 9.97. The van der Waals surface area contributed by atoms with Crippen molar-refractivity contribution < 1.29 is 4.79 Å². The third kappa shape index (κ3) is 3.98. The first-order valence-corrected chi connectivity index (χ1v) is 7.35. The van der Waals surface area contributed by atoms with E-state index in [9.17, 15) is 4.79 Å². The first-order valence-electron chi connectivity index (χ1n) is 6.56. The van der Waals surface area contributed by atoms with Crippen molar-refractivity contribution in [3.63, 3.8) is 0 Å². The Hall–Kier alpha value is -2.01. The van der Waals surface area contributed by atoms with Gasteiger partial charge in [0.25, 0.3) is 0 Å². The molecule has 1 amide bonds. The van der Waals surface area contributed by atoms with Crippen molar-refractivity contribution in [3.8, 4) is 0 Å². The second-order valence-electron chi connectivity index (χ2n) is 4.97. The molecule has 3 N–H and O–H groups in total. The summed E-state index contributed by atoms with van der Waals surface area (Å²) in [4.78, 5) is 13.7. The fourth-order valence-corrected chi connectivity index (χ4v) is 2.26. The molecule has 0 spiro atoms. The number of anilines is 2. The average molecular weight is 348 g/mol. The minimum atomic E-state index is -0.553. The average Bonchev–Trinajstić information content (AvgIpc) is 2.46. The van der Waals surface area contributed by atoms with Crippen LogP contribution in [-0.2, 0) is 4.79 Å². The number of hydrogen-bond acceptors (Lipinski definition) is 3. The zero-order chi connectivity index (χ0) is 15.4. The van der Waals surface area contributed by atoms with Crippen molar-refractivity contribution in [2.75, 3.05) is 24.3 Å². The monoisotopic (exact) mass is 347 g/mol. The number of hydrogen-bond donors (Lipinski definition) is 2. The van der Waals surface area contributed by atoms with E-state index < -0.39 is 11.9 Å². The summed E-state index contributed by atoms with van der Waals surface area (Å²) in [6, 6.07) is 14.8. The Morgan fingerprint density at radius 1 is 1.10 bits per heavy atom. The first kappa shape index (κ1) is 15.4. The molecule has 21 heavy (non-hydrogen) atoms. The summed E-state index contributed by atoms with van der Waals surface area (Å²) in [5.41, 5.74) is 8.29. The van der Waals surface area contributed by atoms with Crippen molar-refractivity contribution in [2.24, 2.45) is 5.73 Å². The van der Waals surface area contributed by atoms with Crippen LogP contribution >= 0.6 is 15.9 Å². The summed E-state index contributed by atoms with van der Waals surface area (Å²) in [6.45, 7) is 0. The van der Waals surface area contributed by atoms with Crippen molar-refractivity contribution in [1.29, 1.82) is 0 Å². The fraction of sp³-hybridized carbons (Fsp3) is 0.188. The minimum absolute atomic E-state index is 0.407. The van der Waals surface area contributed by atoms with Gasteiger partial charge in [0, 0.05) is 29.9 Å². The maximum atomic E-state index is 11.7. The molecule has 0 saturated carbocycles. The molecule has 110 valence electrons. The molecule has 0 radical (unpaired) electrons. The van der Waals surface area contributed by atoms with E-state index in [2.05, 4.69) is 21.2 Å². The molecule has 0 aliphatic heterocycles. The topological polar surface area (TPSA) is 58.4 Å². The Labute approximate surface area is 133 Å². The molecule has 0 aromatic heterocycles. The molecule has 5 heteroatoms. The van der Waals surface area contributed by atoms with Gasteiger partial charge in [-0.25, -0.2) is 0 Å². The largest absolute Gasteiger partial charge is 0.378 e. The van der Waals surface area contributed by atoms with Gasteiger partial charge in [-0.2, -0.15) is 0 Å². The molecule has 2 rings (SSSR count). The molecular weight excluding hydrogens is 330 g/mol. The number of carbonyl (C=O) groups is 1. The van der Waals surface area contributed by atoms with Crippen LogP contribution in [0.5, 0.6) is 0 Å². The van der Waals surface area contributed by atoms with Crippen LogP contribution in [0.25, 0.3) is 0 Å². The fourth-order valence-electron chi connectivity index (χ4n) is 2.00. The van der Waals surface area contributed by atoms with Crippen LogP contribution in [-0.4, -0.2) is 20.0 Å². The molecule has 0 fully saturated rings. The van der Waals surface area contributed by atoms with Gasteiger partial charge in [-0.3, -0.25) is 4.79 Å². The Morgan fingerprint density at radius 3 is 2.14 bits per heavy atom. The molecule has 0 bridgehead atoms. The molecule has 0 saturated heterocycles. The van der Waals surface area contributed by atoms with Crippen LogP contribution < -0.4 is 16.0 Å². The van der Waals surface area contributed by atoms with E-state index in [1.807, 2.05) is 67.5 Å². The third-order valence-electron chi connectivity index (χ3n) is 3.18. The number of nitrogens with two attached hydrogens (primary N) is 1. The highest BCUT2D eigenvalue weighted by Crippen LogP contribution is 2.23. The zero-order valence-electron chi connectivity index (χ0n) is 12.0. The maximum absolute atomic E-state index is 11.7. The lowest BCUT2D eigenvalue weighted by Crippen LogP contribution is -2.27. The van der Waals surface area contributed by atoms with Gasteiger partial charge in [0.15, 0.2) is 0 Å².